The number of nitrogens with zero attached hydrogens (tertiary/aromatic N) is 3. The van der Waals surface area contributed by atoms with Crippen molar-refractivity contribution in [1.29, 1.82) is 5.26 Å². The molecule has 0 radical (unpaired) electrons. The number of fused-ring (bicyclic) bond motifs is 2. The normalized spacial score (nSPS) is 29.0. The molecule has 2 aliphatic heterocycles. The molecule has 2 saturated heterocycles. The summed E-state index contributed by atoms with van der Waals surface area (Å²) in [6, 6.07) is 6.19. The van der Waals surface area contributed by atoms with Gasteiger partial charge in [-0.1, -0.05) is 6.42 Å². The second-order valence-corrected chi connectivity index (χ2v) is 6.60. The maximum Gasteiger partial charge on any atom is 0.103 e. The van der Waals surface area contributed by atoms with E-state index in [1.54, 1.807) is 0 Å². The van der Waals surface area contributed by atoms with Crippen LogP contribution in [0.5, 0.6) is 0 Å². The van der Waals surface area contributed by atoms with Gasteiger partial charge in [-0.15, -0.1) is 0 Å². The average Bonchev–Trinajstić information content (AvgIpc) is 2.39. The number of hydrogen-bond acceptors (Lipinski definition) is 4. The molecule has 0 saturated carbocycles. The molecule has 3 rings (SSSR count). The molecule has 0 spiro atoms. The van der Waals surface area contributed by atoms with E-state index < -0.39 is 0 Å². The number of pyridine rings is 1. The third-order valence-corrected chi connectivity index (χ3v) is 5.14. The Kier molecular flexibility index (Phi) is 3.86. The molecule has 2 fully saturated rings. The Morgan fingerprint density at radius 2 is 1.95 bits per heavy atom. The predicted molar refractivity (Wildman–Crippen MR) is 84.3 cm³/mol. The predicted octanol–water partition coefficient (Wildman–Crippen LogP) is 3.00. The Bertz CT molecular complexity index is 561. The zero-order valence-corrected chi connectivity index (χ0v) is 13.2. The molecular weight excluding hydrogens is 260 g/mol. The van der Waals surface area contributed by atoms with Crippen molar-refractivity contribution >= 4 is 5.69 Å². The van der Waals surface area contributed by atoms with Crippen LogP contribution in [-0.4, -0.2) is 35.1 Å². The summed E-state index contributed by atoms with van der Waals surface area (Å²) in [7, 11) is 2.27. The van der Waals surface area contributed by atoms with E-state index in [4.69, 9.17) is 0 Å². The molecule has 0 amide bonds. The van der Waals surface area contributed by atoms with Crippen LogP contribution in [0.25, 0.3) is 0 Å². The van der Waals surface area contributed by atoms with Crippen molar-refractivity contribution in [2.75, 3.05) is 12.4 Å². The van der Waals surface area contributed by atoms with Crippen molar-refractivity contribution in [3.05, 3.63) is 23.0 Å². The van der Waals surface area contributed by atoms with E-state index in [0.717, 1.165) is 17.1 Å². The van der Waals surface area contributed by atoms with Gasteiger partial charge in [0.2, 0.25) is 0 Å². The quantitative estimate of drug-likeness (QED) is 0.907. The second-order valence-electron chi connectivity index (χ2n) is 6.60. The number of nitrogens with one attached hydrogen (secondary N) is 1. The lowest BCUT2D eigenvalue weighted by molar-refractivity contribution is 0.0608. The van der Waals surface area contributed by atoms with E-state index in [9.17, 15) is 5.26 Å². The van der Waals surface area contributed by atoms with Crippen molar-refractivity contribution in [1.82, 2.24) is 9.88 Å². The molecule has 4 heteroatoms. The fraction of sp³-hybridized carbons (Fsp3) is 0.647. The highest BCUT2D eigenvalue weighted by atomic mass is 15.2. The molecule has 2 unspecified atom stereocenters. The first-order valence-electron chi connectivity index (χ1n) is 7.95. The van der Waals surface area contributed by atoms with E-state index in [1.807, 2.05) is 19.9 Å². The Labute approximate surface area is 127 Å². The fourth-order valence-electron chi connectivity index (χ4n) is 4.04. The summed E-state index contributed by atoms with van der Waals surface area (Å²) in [4.78, 5) is 6.96. The van der Waals surface area contributed by atoms with E-state index in [1.165, 1.54) is 32.1 Å². The Morgan fingerprint density at radius 3 is 2.57 bits per heavy atom. The molecule has 0 aliphatic carbocycles. The van der Waals surface area contributed by atoms with Crippen LogP contribution in [0, 0.1) is 25.2 Å². The van der Waals surface area contributed by atoms with Gasteiger partial charge in [-0.05, 0) is 52.6 Å². The smallest absolute Gasteiger partial charge is 0.103 e. The van der Waals surface area contributed by atoms with Gasteiger partial charge in [0.05, 0.1) is 16.9 Å². The van der Waals surface area contributed by atoms with Gasteiger partial charge >= 0.3 is 0 Å². The van der Waals surface area contributed by atoms with E-state index in [2.05, 4.69) is 28.3 Å². The molecular formula is C17H24N4. The molecule has 2 atom stereocenters. The summed E-state index contributed by atoms with van der Waals surface area (Å²) in [5.41, 5.74) is 3.47. The molecule has 3 heterocycles. The van der Waals surface area contributed by atoms with Crippen LogP contribution in [0.1, 0.15) is 49.1 Å². The second kappa shape index (κ2) is 5.65. The van der Waals surface area contributed by atoms with Gasteiger partial charge in [0.15, 0.2) is 0 Å². The lowest BCUT2D eigenvalue weighted by Gasteiger charge is -2.47. The van der Waals surface area contributed by atoms with Crippen LogP contribution >= 0.6 is 0 Å². The number of piperidine rings is 2. The van der Waals surface area contributed by atoms with Gasteiger partial charge < -0.3 is 10.2 Å². The van der Waals surface area contributed by atoms with Crippen molar-refractivity contribution in [2.24, 2.45) is 0 Å². The summed E-state index contributed by atoms with van der Waals surface area (Å²) in [5, 5.41) is 13.0. The topological polar surface area (TPSA) is 52.0 Å². The van der Waals surface area contributed by atoms with E-state index >= 15 is 0 Å². The van der Waals surface area contributed by atoms with Gasteiger partial charge in [0.1, 0.15) is 6.07 Å². The van der Waals surface area contributed by atoms with Crippen molar-refractivity contribution in [3.63, 3.8) is 0 Å². The lowest BCUT2D eigenvalue weighted by Crippen LogP contribution is -2.52. The van der Waals surface area contributed by atoms with Crippen LogP contribution in [0.2, 0.25) is 0 Å². The number of aryl methyl sites for hydroxylation is 2. The summed E-state index contributed by atoms with van der Waals surface area (Å²) < 4.78 is 0. The zero-order valence-electron chi connectivity index (χ0n) is 13.2. The highest BCUT2D eigenvalue weighted by molar-refractivity contribution is 5.60. The van der Waals surface area contributed by atoms with Crippen LogP contribution in [-0.2, 0) is 0 Å². The molecule has 21 heavy (non-hydrogen) atoms. The number of hydrogen-bond donors (Lipinski definition) is 1. The number of aromatic nitrogens is 1. The van der Waals surface area contributed by atoms with Crippen molar-refractivity contribution in [3.8, 4) is 6.07 Å². The first-order chi connectivity index (χ1) is 10.1. The third-order valence-electron chi connectivity index (χ3n) is 5.14. The first-order valence-corrected chi connectivity index (χ1v) is 7.95. The number of nitriles is 1. The standard InChI is InChI=1S/C17H24N4/c1-11-7-17(16(10-18)12(2)19-11)20-13-8-14-5-4-6-15(9-13)21(14)3/h7,13-15H,4-6,8-9H2,1-3H3,(H,19,20). The summed E-state index contributed by atoms with van der Waals surface area (Å²) in [6.07, 6.45) is 6.34. The van der Waals surface area contributed by atoms with Crippen LogP contribution in [0.4, 0.5) is 5.69 Å². The third kappa shape index (κ3) is 2.75. The first kappa shape index (κ1) is 14.3. The highest BCUT2D eigenvalue weighted by Gasteiger charge is 2.36. The number of rotatable bonds is 2. The molecule has 2 bridgehead atoms. The molecule has 112 valence electrons. The monoisotopic (exact) mass is 284 g/mol. The minimum atomic E-state index is 0.477. The van der Waals surface area contributed by atoms with Crippen LogP contribution < -0.4 is 5.32 Å². The minimum absolute atomic E-state index is 0.477. The van der Waals surface area contributed by atoms with Gasteiger partial charge in [-0.2, -0.15) is 5.26 Å². The molecule has 1 aromatic heterocycles. The molecule has 1 aromatic rings. The summed E-state index contributed by atoms with van der Waals surface area (Å²) in [6.45, 7) is 3.91. The maximum absolute atomic E-state index is 9.38. The summed E-state index contributed by atoms with van der Waals surface area (Å²) >= 11 is 0. The van der Waals surface area contributed by atoms with Gasteiger partial charge in [-0.3, -0.25) is 4.98 Å². The van der Waals surface area contributed by atoms with Gasteiger partial charge in [0, 0.05) is 23.8 Å². The van der Waals surface area contributed by atoms with Crippen LogP contribution in [0.3, 0.4) is 0 Å². The maximum atomic E-state index is 9.38. The van der Waals surface area contributed by atoms with Gasteiger partial charge in [-0.25, -0.2) is 0 Å². The molecule has 1 N–H and O–H groups in total. The Morgan fingerprint density at radius 1 is 1.29 bits per heavy atom. The molecule has 0 aromatic carbocycles. The van der Waals surface area contributed by atoms with Gasteiger partial charge in [0.25, 0.3) is 0 Å². The fourth-order valence-corrected chi connectivity index (χ4v) is 4.04. The van der Waals surface area contributed by atoms with E-state index in [-0.39, 0.29) is 0 Å². The summed E-state index contributed by atoms with van der Waals surface area (Å²) in [5.74, 6) is 0. The zero-order chi connectivity index (χ0) is 15.0. The Balaban J connectivity index is 1.80. The number of anilines is 1. The Hall–Kier alpha value is -1.60. The van der Waals surface area contributed by atoms with Crippen molar-refractivity contribution in [2.45, 2.75) is 64.1 Å². The highest BCUT2D eigenvalue weighted by Crippen LogP contribution is 2.34. The lowest BCUT2D eigenvalue weighted by atomic mass is 9.82. The largest absolute Gasteiger partial charge is 0.381 e. The van der Waals surface area contributed by atoms with Crippen LogP contribution in [0.15, 0.2) is 6.07 Å². The van der Waals surface area contributed by atoms with Crippen molar-refractivity contribution < 1.29 is 0 Å². The SMILES string of the molecule is Cc1cc(NC2CC3CCCC(C2)N3C)c(C#N)c(C)n1. The minimum Gasteiger partial charge on any atom is -0.381 e. The molecule has 2 aliphatic rings. The average molecular weight is 284 g/mol. The van der Waals surface area contributed by atoms with E-state index in [0.29, 0.717) is 23.7 Å². The molecule has 4 nitrogen and oxygen atoms in total.